The van der Waals surface area contributed by atoms with Gasteiger partial charge < -0.3 is 0 Å². The van der Waals surface area contributed by atoms with Gasteiger partial charge in [-0.05, 0) is 44.8 Å². The van der Waals surface area contributed by atoms with Crippen LogP contribution in [0.15, 0.2) is 255 Å². The molecule has 0 saturated carbocycles. The van der Waals surface area contributed by atoms with Crippen molar-refractivity contribution in [3.05, 3.63) is 255 Å². The van der Waals surface area contributed by atoms with E-state index in [-0.39, 0.29) is 0 Å². The molecule has 0 amide bonds. The Labute approximate surface area is 389 Å². The maximum absolute atomic E-state index is 5.55. The smallest absolute Gasteiger partial charge is 0.160 e. The largest absolute Gasteiger partial charge is 0.231 e. The molecule has 0 bridgehead atoms. The average molecular weight is 855 g/mol. The Balaban J connectivity index is 0.986. The van der Waals surface area contributed by atoms with Gasteiger partial charge in [-0.3, -0.25) is 0 Å². The van der Waals surface area contributed by atoms with E-state index in [9.17, 15) is 0 Å². The van der Waals surface area contributed by atoms with E-state index in [2.05, 4.69) is 247 Å². The first kappa shape index (κ1) is 39.6. The molecule has 12 aromatic rings. The third kappa shape index (κ3) is 7.47. The fourth-order valence-electron chi connectivity index (χ4n) is 9.39. The van der Waals surface area contributed by atoms with Gasteiger partial charge in [-0.25, -0.2) is 14.5 Å². The molecule has 0 spiro atoms. The van der Waals surface area contributed by atoms with Crippen LogP contribution in [0.5, 0.6) is 0 Å². The van der Waals surface area contributed by atoms with Gasteiger partial charge in [0.25, 0.3) is 0 Å². The Morgan fingerprint density at radius 3 is 1.16 bits per heavy atom. The summed E-state index contributed by atoms with van der Waals surface area (Å²) in [6.45, 7) is 0. The van der Waals surface area contributed by atoms with Gasteiger partial charge in [-0.1, -0.05) is 249 Å². The highest BCUT2D eigenvalue weighted by atomic mass is 15.2. The van der Waals surface area contributed by atoms with Crippen molar-refractivity contribution < 1.29 is 0 Å². The summed E-state index contributed by atoms with van der Waals surface area (Å²) >= 11 is 0. The number of hydrogen-bond acceptors (Lipinski definition) is 3. The van der Waals surface area contributed by atoms with Crippen LogP contribution in [-0.2, 0) is 0 Å². The topological polar surface area (TPSA) is 43.1 Å². The van der Waals surface area contributed by atoms with Crippen LogP contribution in [0.25, 0.3) is 117 Å². The first-order valence-electron chi connectivity index (χ1n) is 22.7. The molecule has 9 aromatic carbocycles. The van der Waals surface area contributed by atoms with Crippen LogP contribution in [0.4, 0.5) is 0 Å². The number of nitrogens with zero attached hydrogens (tertiary/aromatic N) is 4. The van der Waals surface area contributed by atoms with Crippen molar-refractivity contribution in [3.63, 3.8) is 0 Å². The van der Waals surface area contributed by atoms with E-state index >= 15 is 0 Å². The molecule has 4 nitrogen and oxygen atoms in total. The second-order valence-electron chi connectivity index (χ2n) is 16.8. The zero-order chi connectivity index (χ0) is 44.5. The van der Waals surface area contributed by atoms with Crippen molar-refractivity contribution in [1.29, 1.82) is 0 Å². The highest BCUT2D eigenvalue weighted by molar-refractivity contribution is 6.15. The van der Waals surface area contributed by atoms with E-state index in [0.717, 1.165) is 94.7 Å². The molecule has 314 valence electrons. The minimum atomic E-state index is 0.666. The van der Waals surface area contributed by atoms with Crippen molar-refractivity contribution in [2.45, 2.75) is 0 Å². The Bertz CT molecular complexity index is 3660. The van der Waals surface area contributed by atoms with Gasteiger partial charge in [-0.15, -0.1) is 0 Å². The van der Waals surface area contributed by atoms with E-state index in [4.69, 9.17) is 15.1 Å². The predicted molar refractivity (Wildman–Crippen MR) is 277 cm³/mol. The number of rotatable bonds is 9. The molecule has 0 saturated heterocycles. The van der Waals surface area contributed by atoms with E-state index in [1.165, 1.54) is 16.7 Å². The van der Waals surface area contributed by atoms with E-state index < -0.39 is 0 Å². The standard InChI is InChI=1S/C63H42N4/c1-6-18-43(19-7-1)44-30-32-45(33-31-44)46-34-36-48(37-35-46)57-42-56(47-20-8-2-9-21-47)64-63(65-57)53-40-38-50(39-41-53)58-54-28-16-17-29-55(54)62-59(49-22-10-3-11-23-49)60(51-24-12-4-13-25-51)66-67(62)61(58)52-26-14-5-15-27-52/h1-42H. The van der Waals surface area contributed by atoms with E-state index in [1.54, 1.807) is 0 Å². The molecule has 0 aliphatic carbocycles. The molecule has 0 radical (unpaired) electrons. The van der Waals surface area contributed by atoms with Crippen molar-refractivity contribution in [2.75, 3.05) is 0 Å². The van der Waals surface area contributed by atoms with Crippen molar-refractivity contribution in [1.82, 2.24) is 19.6 Å². The summed E-state index contributed by atoms with van der Waals surface area (Å²) in [6, 6.07) is 89.8. The minimum Gasteiger partial charge on any atom is -0.231 e. The highest BCUT2D eigenvalue weighted by Crippen LogP contribution is 2.46. The molecule has 67 heavy (non-hydrogen) atoms. The van der Waals surface area contributed by atoms with Gasteiger partial charge >= 0.3 is 0 Å². The fourth-order valence-corrected chi connectivity index (χ4v) is 9.39. The maximum atomic E-state index is 5.55. The Kier molecular flexibility index (Phi) is 10.2. The molecular weight excluding hydrogens is 813 g/mol. The van der Waals surface area contributed by atoms with Crippen LogP contribution in [0, 0.1) is 0 Å². The molecule has 4 heteroatoms. The van der Waals surface area contributed by atoms with E-state index in [1.807, 2.05) is 12.1 Å². The lowest BCUT2D eigenvalue weighted by molar-refractivity contribution is 0.981. The summed E-state index contributed by atoms with van der Waals surface area (Å²) < 4.78 is 2.19. The summed E-state index contributed by atoms with van der Waals surface area (Å²) in [5.74, 6) is 0.666. The molecule has 12 rings (SSSR count). The highest BCUT2D eigenvalue weighted by Gasteiger charge is 2.25. The number of benzene rings is 9. The summed E-state index contributed by atoms with van der Waals surface area (Å²) in [5.41, 5.74) is 19.1. The summed E-state index contributed by atoms with van der Waals surface area (Å²) in [6.07, 6.45) is 0. The number of aromatic nitrogens is 4. The van der Waals surface area contributed by atoms with Gasteiger partial charge in [0.1, 0.15) is 5.69 Å². The monoisotopic (exact) mass is 854 g/mol. The maximum Gasteiger partial charge on any atom is 0.160 e. The average Bonchev–Trinajstić information content (AvgIpc) is 3.83. The van der Waals surface area contributed by atoms with Crippen LogP contribution < -0.4 is 0 Å². The third-order valence-electron chi connectivity index (χ3n) is 12.7. The van der Waals surface area contributed by atoms with Crippen molar-refractivity contribution in [3.8, 4) is 101 Å². The quantitative estimate of drug-likeness (QED) is 0.145. The Morgan fingerprint density at radius 1 is 0.269 bits per heavy atom. The van der Waals surface area contributed by atoms with Gasteiger partial charge in [0.2, 0.25) is 0 Å². The molecule has 0 aliphatic heterocycles. The number of fused-ring (bicyclic) bond motifs is 3. The second-order valence-corrected chi connectivity index (χ2v) is 16.8. The molecular formula is C63H42N4. The first-order valence-corrected chi connectivity index (χ1v) is 22.7. The van der Waals surface area contributed by atoms with Crippen molar-refractivity contribution in [2.24, 2.45) is 0 Å². The predicted octanol–water partition coefficient (Wildman–Crippen LogP) is 16.3. The summed E-state index contributed by atoms with van der Waals surface area (Å²) in [7, 11) is 0. The van der Waals surface area contributed by atoms with Gasteiger partial charge in [0.05, 0.1) is 22.6 Å². The molecule has 0 atom stereocenters. The lowest BCUT2D eigenvalue weighted by Crippen LogP contribution is -2.00. The molecule has 0 unspecified atom stereocenters. The third-order valence-corrected chi connectivity index (χ3v) is 12.7. The first-order chi connectivity index (χ1) is 33.2. The van der Waals surface area contributed by atoms with Gasteiger partial charge in [0.15, 0.2) is 5.82 Å². The fraction of sp³-hybridized carbons (Fsp3) is 0. The Morgan fingerprint density at radius 2 is 0.627 bits per heavy atom. The van der Waals surface area contributed by atoms with Crippen LogP contribution in [0.1, 0.15) is 0 Å². The van der Waals surface area contributed by atoms with Gasteiger partial charge in [-0.2, -0.15) is 5.10 Å². The molecule has 0 N–H and O–H groups in total. The number of pyridine rings is 1. The number of hydrogen-bond donors (Lipinski definition) is 0. The van der Waals surface area contributed by atoms with Gasteiger partial charge in [0, 0.05) is 44.3 Å². The minimum absolute atomic E-state index is 0.666. The van der Waals surface area contributed by atoms with Crippen LogP contribution in [0.3, 0.4) is 0 Å². The second kappa shape index (κ2) is 17.2. The van der Waals surface area contributed by atoms with Crippen molar-refractivity contribution >= 4 is 16.3 Å². The Hall–Kier alpha value is -8.99. The zero-order valence-corrected chi connectivity index (χ0v) is 36.5. The SMILES string of the molecule is c1ccc(-c2ccc(-c3ccc(-c4cc(-c5ccccc5)nc(-c5ccc(-c6c(-c7ccccc7)n7nc(-c8ccccc8)c(-c8ccccc8)c7c7ccccc67)cc5)n4)cc3)cc2)cc1. The molecule has 3 heterocycles. The van der Waals surface area contributed by atoms with Crippen LogP contribution in [0.2, 0.25) is 0 Å². The molecule has 0 aliphatic rings. The van der Waals surface area contributed by atoms with E-state index in [0.29, 0.717) is 5.82 Å². The molecule has 3 aromatic heterocycles. The zero-order valence-electron chi connectivity index (χ0n) is 36.5. The van der Waals surface area contributed by atoms with Crippen LogP contribution in [-0.4, -0.2) is 19.6 Å². The normalized spacial score (nSPS) is 11.3. The molecule has 0 fully saturated rings. The lowest BCUT2D eigenvalue weighted by atomic mass is 9.91. The summed E-state index contributed by atoms with van der Waals surface area (Å²) in [4.78, 5) is 10.5. The summed E-state index contributed by atoms with van der Waals surface area (Å²) in [5, 5.41) is 7.83. The lowest BCUT2D eigenvalue weighted by Gasteiger charge is -2.18. The van der Waals surface area contributed by atoms with Crippen LogP contribution >= 0.6 is 0 Å².